The van der Waals surface area contributed by atoms with E-state index in [1.807, 2.05) is 11.8 Å². The Hall–Kier alpha value is -0.770. The number of hydrogen-bond donors (Lipinski definition) is 1. The highest BCUT2D eigenvalue weighted by atomic mass is 32.2. The van der Waals surface area contributed by atoms with Crippen LogP contribution in [0.15, 0.2) is 11.1 Å². The Kier molecular flexibility index (Phi) is 6.47. The predicted octanol–water partition coefficient (Wildman–Crippen LogP) is 4.17. The summed E-state index contributed by atoms with van der Waals surface area (Å²) in [5, 5.41) is 4.37. The molecular weight excluding hydrogens is 242 g/mol. The van der Waals surface area contributed by atoms with E-state index in [4.69, 9.17) is 0 Å². The van der Waals surface area contributed by atoms with Crippen molar-refractivity contribution < 1.29 is 0 Å². The molecule has 1 heterocycles. The van der Waals surface area contributed by atoms with Gasteiger partial charge in [-0.25, -0.2) is 9.97 Å². The summed E-state index contributed by atoms with van der Waals surface area (Å²) in [7, 11) is 0. The highest BCUT2D eigenvalue weighted by molar-refractivity contribution is 7.99. The first kappa shape index (κ1) is 15.3. The SMILES string of the molecule is CCNc1cc(SCC(C)CC)nc(C(C)C)n1. The third-order valence-corrected chi connectivity index (χ3v) is 4.05. The van der Waals surface area contributed by atoms with E-state index in [-0.39, 0.29) is 0 Å². The molecule has 1 aromatic rings. The van der Waals surface area contributed by atoms with Gasteiger partial charge in [-0.3, -0.25) is 0 Å². The molecule has 102 valence electrons. The van der Waals surface area contributed by atoms with Crippen LogP contribution in [0, 0.1) is 5.92 Å². The van der Waals surface area contributed by atoms with E-state index >= 15 is 0 Å². The van der Waals surface area contributed by atoms with Crippen LogP contribution in [0.5, 0.6) is 0 Å². The summed E-state index contributed by atoms with van der Waals surface area (Å²) >= 11 is 1.83. The molecule has 0 spiro atoms. The van der Waals surface area contributed by atoms with Gasteiger partial charge in [-0.15, -0.1) is 11.8 Å². The van der Waals surface area contributed by atoms with Gasteiger partial charge in [0.2, 0.25) is 0 Å². The molecule has 0 aromatic carbocycles. The number of hydrogen-bond acceptors (Lipinski definition) is 4. The summed E-state index contributed by atoms with van der Waals surface area (Å²) in [4.78, 5) is 9.17. The zero-order valence-electron chi connectivity index (χ0n) is 12.2. The van der Waals surface area contributed by atoms with Gasteiger partial charge in [-0.2, -0.15) is 0 Å². The van der Waals surface area contributed by atoms with Crippen molar-refractivity contribution in [2.45, 2.75) is 52.0 Å². The van der Waals surface area contributed by atoms with Crippen molar-refractivity contribution in [1.29, 1.82) is 0 Å². The van der Waals surface area contributed by atoms with E-state index in [2.05, 4.69) is 56.0 Å². The Labute approximate surface area is 115 Å². The molecule has 0 saturated heterocycles. The van der Waals surface area contributed by atoms with Crippen molar-refractivity contribution in [2.75, 3.05) is 17.6 Å². The number of thioether (sulfide) groups is 1. The number of rotatable bonds is 7. The number of aromatic nitrogens is 2. The Morgan fingerprint density at radius 2 is 1.94 bits per heavy atom. The van der Waals surface area contributed by atoms with Gasteiger partial charge in [0.15, 0.2) is 0 Å². The molecule has 0 fully saturated rings. The zero-order valence-corrected chi connectivity index (χ0v) is 13.0. The van der Waals surface area contributed by atoms with Gasteiger partial charge in [-0.1, -0.05) is 34.1 Å². The van der Waals surface area contributed by atoms with Crippen LogP contribution in [-0.2, 0) is 0 Å². The van der Waals surface area contributed by atoms with Gasteiger partial charge in [0.1, 0.15) is 16.7 Å². The van der Waals surface area contributed by atoms with Crippen LogP contribution in [0.3, 0.4) is 0 Å². The van der Waals surface area contributed by atoms with Crippen LogP contribution in [0.2, 0.25) is 0 Å². The number of anilines is 1. The lowest BCUT2D eigenvalue weighted by Gasteiger charge is -2.12. The first-order chi connectivity index (χ1) is 8.56. The molecule has 4 heteroatoms. The molecule has 0 aliphatic carbocycles. The van der Waals surface area contributed by atoms with Crippen LogP contribution in [0.25, 0.3) is 0 Å². The summed E-state index contributed by atoms with van der Waals surface area (Å²) in [6.45, 7) is 11.8. The van der Waals surface area contributed by atoms with Crippen LogP contribution in [-0.4, -0.2) is 22.3 Å². The normalized spacial score (nSPS) is 12.8. The molecule has 1 rings (SSSR count). The monoisotopic (exact) mass is 267 g/mol. The molecule has 1 N–H and O–H groups in total. The van der Waals surface area contributed by atoms with E-state index in [0.717, 1.165) is 34.9 Å². The standard InChI is InChI=1S/C14H25N3S/c1-6-11(5)9-18-13-8-12(15-7-2)16-14(17-13)10(3)4/h8,10-11H,6-7,9H2,1-5H3,(H,15,16,17). The lowest BCUT2D eigenvalue weighted by molar-refractivity contribution is 0.636. The van der Waals surface area contributed by atoms with Crippen molar-refractivity contribution in [2.24, 2.45) is 5.92 Å². The summed E-state index contributed by atoms with van der Waals surface area (Å²) in [6.07, 6.45) is 1.22. The fourth-order valence-corrected chi connectivity index (χ4v) is 2.44. The molecular formula is C14H25N3S. The zero-order chi connectivity index (χ0) is 13.5. The molecule has 18 heavy (non-hydrogen) atoms. The largest absolute Gasteiger partial charge is 0.370 e. The fourth-order valence-electron chi connectivity index (χ4n) is 1.39. The van der Waals surface area contributed by atoms with Crippen LogP contribution < -0.4 is 5.32 Å². The van der Waals surface area contributed by atoms with Crippen molar-refractivity contribution in [1.82, 2.24) is 9.97 Å². The lowest BCUT2D eigenvalue weighted by Crippen LogP contribution is -2.06. The van der Waals surface area contributed by atoms with Gasteiger partial charge in [0.25, 0.3) is 0 Å². The highest BCUT2D eigenvalue weighted by Crippen LogP contribution is 2.24. The van der Waals surface area contributed by atoms with E-state index in [1.165, 1.54) is 6.42 Å². The van der Waals surface area contributed by atoms with E-state index in [0.29, 0.717) is 5.92 Å². The van der Waals surface area contributed by atoms with E-state index < -0.39 is 0 Å². The Morgan fingerprint density at radius 3 is 2.50 bits per heavy atom. The van der Waals surface area contributed by atoms with Crippen molar-refractivity contribution in [3.8, 4) is 0 Å². The minimum Gasteiger partial charge on any atom is -0.370 e. The van der Waals surface area contributed by atoms with Gasteiger partial charge >= 0.3 is 0 Å². The molecule has 1 aromatic heterocycles. The minimum absolute atomic E-state index is 0.367. The van der Waals surface area contributed by atoms with Crippen molar-refractivity contribution in [3.05, 3.63) is 11.9 Å². The fraction of sp³-hybridized carbons (Fsp3) is 0.714. The molecule has 0 aliphatic heterocycles. The molecule has 1 unspecified atom stereocenters. The van der Waals surface area contributed by atoms with Crippen LogP contribution >= 0.6 is 11.8 Å². The molecule has 0 radical (unpaired) electrons. The quantitative estimate of drug-likeness (QED) is 0.594. The van der Waals surface area contributed by atoms with Gasteiger partial charge in [0.05, 0.1) is 0 Å². The Balaban J connectivity index is 2.82. The average molecular weight is 267 g/mol. The topological polar surface area (TPSA) is 37.8 Å². The summed E-state index contributed by atoms with van der Waals surface area (Å²) < 4.78 is 0. The Morgan fingerprint density at radius 1 is 1.22 bits per heavy atom. The third kappa shape index (κ3) is 4.84. The maximum absolute atomic E-state index is 4.63. The van der Waals surface area contributed by atoms with Gasteiger partial charge in [0, 0.05) is 24.3 Å². The van der Waals surface area contributed by atoms with Crippen molar-refractivity contribution in [3.63, 3.8) is 0 Å². The molecule has 1 atom stereocenters. The van der Waals surface area contributed by atoms with E-state index in [1.54, 1.807) is 0 Å². The number of nitrogens with zero attached hydrogens (tertiary/aromatic N) is 2. The second kappa shape index (κ2) is 7.62. The smallest absolute Gasteiger partial charge is 0.134 e. The third-order valence-electron chi connectivity index (χ3n) is 2.81. The number of nitrogens with one attached hydrogen (secondary N) is 1. The average Bonchev–Trinajstić information content (AvgIpc) is 2.36. The summed E-state index contributed by atoms with van der Waals surface area (Å²) in [5.74, 6) is 4.10. The van der Waals surface area contributed by atoms with Crippen molar-refractivity contribution >= 4 is 17.6 Å². The van der Waals surface area contributed by atoms with E-state index in [9.17, 15) is 0 Å². The maximum atomic E-state index is 4.63. The van der Waals surface area contributed by atoms with Gasteiger partial charge in [-0.05, 0) is 12.8 Å². The lowest BCUT2D eigenvalue weighted by atomic mass is 10.2. The van der Waals surface area contributed by atoms with Crippen LogP contribution in [0.1, 0.15) is 52.8 Å². The Bertz CT molecular complexity index is 366. The first-order valence-corrected chi connectivity index (χ1v) is 7.81. The summed E-state index contributed by atoms with van der Waals surface area (Å²) in [6, 6.07) is 2.06. The van der Waals surface area contributed by atoms with Crippen LogP contribution in [0.4, 0.5) is 5.82 Å². The maximum Gasteiger partial charge on any atom is 0.134 e. The second-order valence-corrected chi connectivity index (χ2v) is 6.00. The predicted molar refractivity (Wildman–Crippen MR) is 80.5 cm³/mol. The second-order valence-electron chi connectivity index (χ2n) is 4.96. The van der Waals surface area contributed by atoms with Gasteiger partial charge < -0.3 is 5.32 Å². The minimum atomic E-state index is 0.367. The molecule has 3 nitrogen and oxygen atoms in total. The molecule has 0 aliphatic rings. The molecule has 0 saturated carbocycles. The highest BCUT2D eigenvalue weighted by Gasteiger charge is 2.09. The summed E-state index contributed by atoms with van der Waals surface area (Å²) in [5.41, 5.74) is 0. The molecule has 0 amide bonds. The molecule has 0 bridgehead atoms. The first-order valence-electron chi connectivity index (χ1n) is 6.82.